The highest BCUT2D eigenvalue weighted by Crippen LogP contribution is 2.45. The SMILES string of the molecule is COC(=O)[C@@H](N[N+]1(CC(C)(C)C)C(=O)CO[C@H](c2ccc(OC)cc2OC)c2cc(Cl)ccc21)[C@H](C(C)=O)C(C)C. The van der Waals surface area contributed by atoms with Gasteiger partial charge in [0.25, 0.3) is 0 Å². The van der Waals surface area contributed by atoms with Crippen LogP contribution in [-0.4, -0.2) is 58.2 Å². The van der Waals surface area contributed by atoms with Gasteiger partial charge < -0.3 is 18.9 Å². The first-order chi connectivity index (χ1) is 19.2. The van der Waals surface area contributed by atoms with Crippen LogP contribution in [0.4, 0.5) is 5.69 Å². The largest absolute Gasteiger partial charge is 0.497 e. The number of halogens is 1. The maximum absolute atomic E-state index is 14.4. The van der Waals surface area contributed by atoms with Crippen LogP contribution in [0.3, 0.4) is 0 Å². The van der Waals surface area contributed by atoms with Crippen molar-refractivity contribution in [3.63, 3.8) is 0 Å². The monoisotopic (exact) mass is 589 g/mol. The Labute approximate surface area is 247 Å². The fourth-order valence-electron chi connectivity index (χ4n) is 5.67. The van der Waals surface area contributed by atoms with E-state index >= 15 is 0 Å². The first-order valence-corrected chi connectivity index (χ1v) is 14.0. The second kappa shape index (κ2) is 12.9. The fraction of sp³-hybridized carbons (Fsp3) is 0.516. The number of Topliss-reactive ketones (excluding diaryl/α,β-unsaturated/α-hetero) is 1. The summed E-state index contributed by atoms with van der Waals surface area (Å²) >= 11 is 6.54. The minimum Gasteiger partial charge on any atom is -0.497 e. The molecule has 0 saturated carbocycles. The van der Waals surface area contributed by atoms with Gasteiger partial charge in [0.1, 0.15) is 29.9 Å². The molecule has 3 rings (SSSR count). The number of quaternary nitrogens is 1. The molecule has 1 unspecified atom stereocenters. The molecule has 4 atom stereocenters. The summed E-state index contributed by atoms with van der Waals surface area (Å²) in [6, 6.07) is 9.50. The van der Waals surface area contributed by atoms with E-state index in [1.165, 1.54) is 14.0 Å². The molecule has 224 valence electrons. The molecule has 1 aliphatic heterocycles. The van der Waals surface area contributed by atoms with Crippen molar-refractivity contribution in [2.75, 3.05) is 34.5 Å². The van der Waals surface area contributed by atoms with E-state index in [-0.39, 0.29) is 30.8 Å². The molecule has 0 radical (unpaired) electrons. The Morgan fingerprint density at radius 1 is 1.07 bits per heavy atom. The van der Waals surface area contributed by atoms with Gasteiger partial charge in [0.2, 0.25) is 0 Å². The molecule has 10 heteroatoms. The minimum atomic E-state index is -1.11. The Morgan fingerprint density at radius 3 is 2.29 bits per heavy atom. The van der Waals surface area contributed by atoms with Crippen LogP contribution >= 0.6 is 11.6 Å². The molecule has 9 nitrogen and oxygen atoms in total. The van der Waals surface area contributed by atoms with Crippen molar-refractivity contribution in [2.45, 2.75) is 53.7 Å². The van der Waals surface area contributed by atoms with Crippen molar-refractivity contribution >= 4 is 34.9 Å². The molecule has 2 aromatic carbocycles. The van der Waals surface area contributed by atoms with Crippen molar-refractivity contribution in [1.29, 1.82) is 0 Å². The van der Waals surface area contributed by atoms with Crippen molar-refractivity contribution in [2.24, 2.45) is 17.3 Å². The Bertz CT molecular complexity index is 1290. The highest BCUT2D eigenvalue weighted by molar-refractivity contribution is 6.30. The Kier molecular flexibility index (Phi) is 10.2. The van der Waals surface area contributed by atoms with Crippen molar-refractivity contribution < 1.29 is 33.3 Å². The minimum absolute atomic E-state index is 0.187. The van der Waals surface area contributed by atoms with E-state index in [0.29, 0.717) is 33.3 Å². The first kappa shape index (κ1) is 32.5. The number of carbonyl (C=O) groups excluding carboxylic acids is 3. The summed E-state index contributed by atoms with van der Waals surface area (Å²) in [5, 5.41) is 0.446. The molecule has 1 amide bonds. The molecule has 1 aliphatic rings. The lowest BCUT2D eigenvalue weighted by Crippen LogP contribution is -2.72. The smallest absolute Gasteiger partial charge is 0.363 e. The number of hydrogen-bond acceptors (Lipinski definition) is 8. The van der Waals surface area contributed by atoms with Crippen LogP contribution in [0.25, 0.3) is 0 Å². The summed E-state index contributed by atoms with van der Waals surface area (Å²) < 4.78 is 22.1. The number of carbonyl (C=O) groups is 3. The maximum Gasteiger partial charge on any atom is 0.363 e. The number of ketones is 1. The third kappa shape index (κ3) is 6.92. The average molecular weight is 590 g/mol. The average Bonchev–Trinajstić information content (AvgIpc) is 3.00. The number of nitrogens with one attached hydrogen (secondary N) is 1. The highest BCUT2D eigenvalue weighted by Gasteiger charge is 2.52. The number of rotatable bonds is 10. The van der Waals surface area contributed by atoms with Gasteiger partial charge in [-0.25, -0.2) is 4.79 Å². The standard InChI is InChI=1S/C31H42ClN2O7/c1-18(2)27(19(3)35)28(30(37)40-9)33-34(17-31(4,5)6)24-13-10-20(32)14-23(24)29(41-16-26(34)36)22-12-11-21(38-7)15-25(22)39-8/h10-15,18,27-29,33H,16-17H2,1-9H3/q+1/t27-,28-,29+,34?/m0/s1. The summed E-state index contributed by atoms with van der Waals surface area (Å²) in [7, 11) is 4.39. The lowest BCUT2D eigenvalue weighted by atomic mass is 9.85. The number of amides is 1. The van der Waals surface area contributed by atoms with Gasteiger partial charge in [-0.1, -0.05) is 46.2 Å². The maximum atomic E-state index is 14.4. The predicted molar refractivity (Wildman–Crippen MR) is 158 cm³/mol. The Hall–Kier alpha value is -2.98. The first-order valence-electron chi connectivity index (χ1n) is 13.6. The van der Waals surface area contributed by atoms with E-state index in [1.807, 2.05) is 40.7 Å². The van der Waals surface area contributed by atoms with E-state index in [4.69, 9.17) is 30.5 Å². The third-order valence-electron chi connectivity index (χ3n) is 7.28. The van der Waals surface area contributed by atoms with Gasteiger partial charge in [0, 0.05) is 28.1 Å². The molecule has 1 N–H and O–H groups in total. The number of hydrogen-bond donors (Lipinski definition) is 1. The van der Waals surface area contributed by atoms with Gasteiger partial charge in [-0.2, -0.15) is 0 Å². The lowest BCUT2D eigenvalue weighted by molar-refractivity contribution is -0.153. The van der Waals surface area contributed by atoms with Gasteiger partial charge in [0.05, 0.1) is 32.8 Å². The molecule has 0 aromatic heterocycles. The fourth-order valence-corrected chi connectivity index (χ4v) is 5.85. The van der Waals surface area contributed by atoms with E-state index in [0.717, 1.165) is 0 Å². The zero-order chi connectivity index (χ0) is 30.7. The van der Waals surface area contributed by atoms with Crippen molar-refractivity contribution in [3.05, 3.63) is 52.5 Å². The Balaban J connectivity index is 2.36. The molecule has 1 heterocycles. The molecule has 0 fully saturated rings. The number of benzene rings is 2. The predicted octanol–water partition coefficient (Wildman–Crippen LogP) is 5.26. The number of fused-ring (bicyclic) bond motifs is 1. The molecular formula is C31H42ClN2O7+. The summed E-state index contributed by atoms with van der Waals surface area (Å²) in [4.78, 5) is 40.5. The number of nitrogens with zero attached hydrogens (tertiary/aromatic N) is 1. The van der Waals surface area contributed by atoms with Crippen molar-refractivity contribution in [1.82, 2.24) is 10.0 Å². The van der Waals surface area contributed by atoms with E-state index < -0.39 is 34.0 Å². The van der Waals surface area contributed by atoms with Crippen LogP contribution in [0.15, 0.2) is 36.4 Å². The summed E-state index contributed by atoms with van der Waals surface area (Å²) in [5.74, 6) is -0.995. The van der Waals surface area contributed by atoms with Crippen LogP contribution in [-0.2, 0) is 23.9 Å². The molecule has 0 spiro atoms. The van der Waals surface area contributed by atoms with Crippen LogP contribution in [0.5, 0.6) is 11.5 Å². The molecule has 0 saturated heterocycles. The zero-order valence-electron chi connectivity index (χ0n) is 25.4. The second-order valence-electron chi connectivity index (χ2n) is 11.9. The van der Waals surface area contributed by atoms with Crippen LogP contribution in [0.2, 0.25) is 5.02 Å². The third-order valence-corrected chi connectivity index (χ3v) is 7.51. The van der Waals surface area contributed by atoms with E-state index in [1.54, 1.807) is 44.6 Å². The topological polar surface area (TPSA) is 100 Å². The van der Waals surface area contributed by atoms with Gasteiger partial charge >= 0.3 is 11.9 Å². The van der Waals surface area contributed by atoms with Gasteiger partial charge in [-0.15, -0.1) is 10.0 Å². The normalized spacial score (nSPS) is 20.6. The van der Waals surface area contributed by atoms with Crippen LogP contribution in [0, 0.1) is 17.3 Å². The van der Waals surface area contributed by atoms with Gasteiger partial charge in [-0.3, -0.25) is 9.59 Å². The second-order valence-corrected chi connectivity index (χ2v) is 12.4. The van der Waals surface area contributed by atoms with Gasteiger partial charge in [0.15, 0.2) is 18.3 Å². The number of methoxy groups -OCH3 is 3. The molecular weight excluding hydrogens is 548 g/mol. The quantitative estimate of drug-likeness (QED) is 0.296. The molecule has 0 bridgehead atoms. The zero-order valence-corrected chi connectivity index (χ0v) is 26.1. The van der Waals surface area contributed by atoms with Crippen molar-refractivity contribution in [3.8, 4) is 11.5 Å². The Morgan fingerprint density at radius 2 is 1.76 bits per heavy atom. The van der Waals surface area contributed by atoms with Gasteiger partial charge in [-0.05, 0) is 37.1 Å². The summed E-state index contributed by atoms with van der Waals surface area (Å²) in [6.45, 7) is 11.1. The lowest BCUT2D eigenvalue weighted by Gasteiger charge is -2.42. The highest BCUT2D eigenvalue weighted by atomic mass is 35.5. The summed E-state index contributed by atoms with van der Waals surface area (Å²) in [6.07, 6.45) is -0.736. The molecule has 41 heavy (non-hydrogen) atoms. The number of ether oxygens (including phenoxy) is 4. The molecule has 2 aromatic rings. The molecule has 0 aliphatic carbocycles. The van der Waals surface area contributed by atoms with Crippen LogP contribution in [0.1, 0.15) is 58.8 Å². The van der Waals surface area contributed by atoms with E-state index in [9.17, 15) is 14.4 Å². The van der Waals surface area contributed by atoms with Crippen LogP contribution < -0.4 is 19.5 Å². The van der Waals surface area contributed by atoms with E-state index in [2.05, 4.69) is 5.43 Å². The number of esters is 1. The summed E-state index contributed by atoms with van der Waals surface area (Å²) in [5.41, 5.74) is 4.77.